The van der Waals surface area contributed by atoms with Crippen molar-refractivity contribution in [1.29, 1.82) is 0 Å². The van der Waals surface area contributed by atoms with Crippen LogP contribution in [0.5, 0.6) is 0 Å². The maximum absolute atomic E-state index is 13.5. The average molecular weight is 337 g/mol. The molecule has 1 atom stereocenters. The lowest BCUT2D eigenvalue weighted by Crippen LogP contribution is -2.30. The number of ether oxygens (including phenoxy) is 1. The molecule has 0 radical (unpaired) electrons. The number of carbonyl (C=O) groups excluding carboxylic acids is 2. The highest BCUT2D eigenvalue weighted by atomic mass is 19.2. The second kappa shape index (κ2) is 7.16. The van der Waals surface area contributed by atoms with Gasteiger partial charge in [-0.15, -0.1) is 0 Å². The Hall–Kier alpha value is -2.83. The van der Waals surface area contributed by atoms with Gasteiger partial charge in [0.1, 0.15) is 0 Å². The van der Waals surface area contributed by atoms with Crippen molar-refractivity contribution < 1.29 is 27.5 Å². The van der Waals surface area contributed by atoms with Gasteiger partial charge in [-0.05, 0) is 38.1 Å². The van der Waals surface area contributed by atoms with Crippen LogP contribution in [-0.4, -0.2) is 18.0 Å². The normalized spacial score (nSPS) is 11.7. The first-order valence-corrected chi connectivity index (χ1v) is 7.01. The van der Waals surface area contributed by atoms with E-state index in [2.05, 4.69) is 0 Å². The van der Waals surface area contributed by atoms with Crippen molar-refractivity contribution in [2.24, 2.45) is 0 Å². The molecule has 0 unspecified atom stereocenters. The molecular formula is C17H14F3NO3. The van der Waals surface area contributed by atoms with E-state index in [1.54, 1.807) is 25.1 Å². The van der Waals surface area contributed by atoms with Crippen LogP contribution in [0.4, 0.5) is 18.9 Å². The summed E-state index contributed by atoms with van der Waals surface area (Å²) in [5.74, 6) is -6.20. The number of amides is 1. The maximum atomic E-state index is 13.5. The highest BCUT2D eigenvalue weighted by Crippen LogP contribution is 2.20. The molecule has 0 saturated heterocycles. The lowest BCUT2D eigenvalue weighted by atomic mass is 10.1. The fourth-order valence-corrected chi connectivity index (χ4v) is 1.91. The SMILES string of the molecule is Cc1cccc(C(=O)O[C@H](C)C(=O)Nc2ccc(F)c(F)c2F)c1. The van der Waals surface area contributed by atoms with Crippen LogP contribution in [0.1, 0.15) is 22.8 Å². The van der Waals surface area contributed by atoms with Gasteiger partial charge in [-0.3, -0.25) is 4.79 Å². The number of nitrogens with one attached hydrogen (secondary N) is 1. The summed E-state index contributed by atoms with van der Waals surface area (Å²) in [5.41, 5.74) is 0.552. The molecule has 4 nitrogen and oxygen atoms in total. The zero-order valence-electron chi connectivity index (χ0n) is 12.9. The topological polar surface area (TPSA) is 55.4 Å². The molecule has 0 aromatic heterocycles. The van der Waals surface area contributed by atoms with Gasteiger partial charge >= 0.3 is 5.97 Å². The zero-order chi connectivity index (χ0) is 17.9. The first-order valence-electron chi connectivity index (χ1n) is 7.01. The fourth-order valence-electron chi connectivity index (χ4n) is 1.91. The summed E-state index contributed by atoms with van der Waals surface area (Å²) in [5, 5.41) is 2.05. The molecule has 0 aliphatic rings. The van der Waals surface area contributed by atoms with E-state index >= 15 is 0 Å². The highest BCUT2D eigenvalue weighted by Gasteiger charge is 2.22. The molecule has 0 saturated carbocycles. The smallest absolute Gasteiger partial charge is 0.338 e. The summed E-state index contributed by atoms with van der Waals surface area (Å²) in [7, 11) is 0. The van der Waals surface area contributed by atoms with Crippen LogP contribution in [0, 0.1) is 24.4 Å². The van der Waals surface area contributed by atoms with E-state index in [-0.39, 0.29) is 5.56 Å². The van der Waals surface area contributed by atoms with Crippen molar-refractivity contribution in [3.05, 3.63) is 65.0 Å². The van der Waals surface area contributed by atoms with Gasteiger partial charge < -0.3 is 10.1 Å². The Morgan fingerprint density at radius 2 is 1.79 bits per heavy atom. The quantitative estimate of drug-likeness (QED) is 0.685. The minimum absolute atomic E-state index is 0.258. The van der Waals surface area contributed by atoms with E-state index < -0.39 is 41.1 Å². The summed E-state index contributed by atoms with van der Waals surface area (Å²) < 4.78 is 44.5. The summed E-state index contributed by atoms with van der Waals surface area (Å²) in [6, 6.07) is 8.11. The van der Waals surface area contributed by atoms with Gasteiger partial charge in [-0.25, -0.2) is 18.0 Å². The molecule has 2 rings (SSSR count). The minimum atomic E-state index is -1.70. The predicted octanol–water partition coefficient (Wildman–Crippen LogP) is 3.60. The Labute approximate surface area is 136 Å². The second-order valence-corrected chi connectivity index (χ2v) is 5.13. The van der Waals surface area contributed by atoms with Gasteiger partial charge in [0.05, 0.1) is 11.3 Å². The van der Waals surface area contributed by atoms with Crippen molar-refractivity contribution >= 4 is 17.6 Å². The van der Waals surface area contributed by atoms with E-state index in [9.17, 15) is 22.8 Å². The molecule has 0 aliphatic carbocycles. The van der Waals surface area contributed by atoms with Crippen LogP contribution < -0.4 is 5.32 Å². The van der Waals surface area contributed by atoms with Crippen LogP contribution in [0.3, 0.4) is 0 Å². The first-order chi connectivity index (χ1) is 11.3. The number of hydrogen-bond donors (Lipinski definition) is 1. The Morgan fingerprint density at radius 3 is 2.46 bits per heavy atom. The van der Waals surface area contributed by atoms with Gasteiger partial charge in [-0.1, -0.05) is 17.7 Å². The van der Waals surface area contributed by atoms with Gasteiger partial charge in [-0.2, -0.15) is 0 Å². The van der Waals surface area contributed by atoms with Crippen molar-refractivity contribution in [1.82, 2.24) is 0 Å². The van der Waals surface area contributed by atoms with E-state index in [0.717, 1.165) is 11.6 Å². The van der Waals surface area contributed by atoms with Gasteiger partial charge in [0.2, 0.25) is 0 Å². The van der Waals surface area contributed by atoms with Crippen molar-refractivity contribution in [2.75, 3.05) is 5.32 Å². The number of carbonyl (C=O) groups is 2. The molecule has 2 aromatic carbocycles. The van der Waals surface area contributed by atoms with Crippen molar-refractivity contribution in [3.8, 4) is 0 Å². The molecule has 0 fully saturated rings. The van der Waals surface area contributed by atoms with Gasteiger partial charge in [0.25, 0.3) is 5.91 Å². The molecule has 2 aromatic rings. The Morgan fingerprint density at radius 1 is 1.08 bits per heavy atom. The number of benzene rings is 2. The highest BCUT2D eigenvalue weighted by molar-refractivity contribution is 5.97. The van der Waals surface area contributed by atoms with Crippen LogP contribution in [0.25, 0.3) is 0 Å². The number of aryl methyl sites for hydroxylation is 1. The molecule has 126 valence electrons. The lowest BCUT2D eigenvalue weighted by molar-refractivity contribution is -0.123. The molecule has 0 bridgehead atoms. The molecule has 0 aliphatic heterocycles. The predicted molar refractivity (Wildman–Crippen MR) is 81.0 cm³/mol. The Bertz CT molecular complexity index is 793. The van der Waals surface area contributed by atoms with Crippen molar-refractivity contribution in [3.63, 3.8) is 0 Å². The summed E-state index contributed by atoms with van der Waals surface area (Å²) in [6.45, 7) is 3.07. The van der Waals surface area contributed by atoms with Crippen LogP contribution in [0.15, 0.2) is 36.4 Å². The molecule has 7 heteroatoms. The molecule has 1 N–H and O–H groups in total. The summed E-state index contributed by atoms with van der Waals surface area (Å²) in [4.78, 5) is 23.9. The average Bonchev–Trinajstić information content (AvgIpc) is 2.55. The summed E-state index contributed by atoms with van der Waals surface area (Å²) >= 11 is 0. The standard InChI is InChI=1S/C17H14F3NO3/c1-9-4-3-5-11(8-9)17(23)24-10(2)16(22)21-13-7-6-12(18)14(19)15(13)20/h3-8,10H,1-2H3,(H,21,22)/t10-/m1/s1. The van der Waals surface area contributed by atoms with E-state index in [4.69, 9.17) is 4.74 Å². The van der Waals surface area contributed by atoms with E-state index in [1.165, 1.54) is 13.0 Å². The molecular weight excluding hydrogens is 323 g/mol. The van der Waals surface area contributed by atoms with Crippen LogP contribution >= 0.6 is 0 Å². The monoisotopic (exact) mass is 337 g/mol. The third kappa shape index (κ3) is 3.92. The second-order valence-electron chi connectivity index (χ2n) is 5.13. The Kier molecular flexibility index (Phi) is 5.23. The largest absolute Gasteiger partial charge is 0.449 e. The minimum Gasteiger partial charge on any atom is -0.449 e. The van der Waals surface area contributed by atoms with Crippen LogP contribution in [0.2, 0.25) is 0 Å². The van der Waals surface area contributed by atoms with E-state index in [1.807, 2.05) is 5.32 Å². The molecule has 1 amide bonds. The van der Waals surface area contributed by atoms with Gasteiger partial charge in [0.15, 0.2) is 23.6 Å². The van der Waals surface area contributed by atoms with Crippen molar-refractivity contribution in [2.45, 2.75) is 20.0 Å². The zero-order valence-corrected chi connectivity index (χ0v) is 12.9. The third-order valence-corrected chi connectivity index (χ3v) is 3.20. The first kappa shape index (κ1) is 17.5. The Balaban J connectivity index is 2.05. The lowest BCUT2D eigenvalue weighted by Gasteiger charge is -2.14. The summed E-state index contributed by atoms with van der Waals surface area (Å²) in [6.07, 6.45) is -1.26. The molecule has 0 heterocycles. The fraction of sp³-hybridized carbons (Fsp3) is 0.176. The number of anilines is 1. The third-order valence-electron chi connectivity index (χ3n) is 3.20. The number of rotatable bonds is 4. The maximum Gasteiger partial charge on any atom is 0.338 e. The number of esters is 1. The molecule has 0 spiro atoms. The van der Waals surface area contributed by atoms with Crippen LogP contribution in [-0.2, 0) is 9.53 Å². The number of hydrogen-bond acceptors (Lipinski definition) is 3. The van der Waals surface area contributed by atoms with Gasteiger partial charge in [0, 0.05) is 0 Å². The molecule has 24 heavy (non-hydrogen) atoms. The van der Waals surface area contributed by atoms with E-state index in [0.29, 0.717) is 6.07 Å². The number of halogens is 3.